The fourth-order valence-corrected chi connectivity index (χ4v) is 3.77. The summed E-state index contributed by atoms with van der Waals surface area (Å²) in [6, 6.07) is 19.8. The van der Waals surface area contributed by atoms with E-state index in [1.807, 2.05) is 50.2 Å². The van der Waals surface area contributed by atoms with Crippen LogP contribution >= 0.6 is 11.6 Å². The largest absolute Gasteiger partial charge is 0.493 e. The highest BCUT2D eigenvalue weighted by atomic mass is 35.5. The molecule has 0 radical (unpaired) electrons. The molecular formula is C26H22ClN3O2. The monoisotopic (exact) mass is 443 g/mol. The second-order valence-electron chi connectivity index (χ2n) is 7.59. The van der Waals surface area contributed by atoms with E-state index in [9.17, 15) is 5.26 Å². The Hall–Kier alpha value is -3.75. The maximum atomic E-state index is 9.74. The van der Waals surface area contributed by atoms with E-state index in [1.54, 1.807) is 25.3 Å². The van der Waals surface area contributed by atoms with Crippen LogP contribution in [0.5, 0.6) is 11.5 Å². The van der Waals surface area contributed by atoms with Crippen molar-refractivity contribution in [2.24, 2.45) is 0 Å². The fraction of sp³-hybridized carbons (Fsp3) is 0.154. The number of imidazole rings is 1. The van der Waals surface area contributed by atoms with Crippen LogP contribution in [-0.4, -0.2) is 17.1 Å². The number of hydrogen-bond donors (Lipinski definition) is 1. The number of nitrogens with zero attached hydrogens (tertiary/aromatic N) is 2. The van der Waals surface area contributed by atoms with Crippen molar-refractivity contribution < 1.29 is 9.47 Å². The molecule has 4 aromatic rings. The summed E-state index contributed by atoms with van der Waals surface area (Å²) in [5.74, 6) is 1.46. The molecule has 6 heteroatoms. The van der Waals surface area contributed by atoms with Gasteiger partial charge in [-0.15, -0.1) is 0 Å². The van der Waals surface area contributed by atoms with Crippen molar-refractivity contribution in [2.75, 3.05) is 7.11 Å². The lowest BCUT2D eigenvalue weighted by atomic mass is 10.1. The minimum atomic E-state index is 0.370. The van der Waals surface area contributed by atoms with Crippen LogP contribution in [0.25, 0.3) is 22.7 Å². The Morgan fingerprint density at radius 3 is 2.69 bits per heavy atom. The van der Waals surface area contributed by atoms with Crippen LogP contribution in [0.4, 0.5) is 0 Å². The summed E-state index contributed by atoms with van der Waals surface area (Å²) in [5.41, 5.74) is 6.12. The zero-order valence-electron chi connectivity index (χ0n) is 18.1. The minimum Gasteiger partial charge on any atom is -0.493 e. The van der Waals surface area contributed by atoms with Gasteiger partial charge >= 0.3 is 0 Å². The van der Waals surface area contributed by atoms with Crippen molar-refractivity contribution in [3.05, 3.63) is 87.7 Å². The van der Waals surface area contributed by atoms with E-state index in [0.29, 0.717) is 40.1 Å². The summed E-state index contributed by atoms with van der Waals surface area (Å²) in [5, 5.41) is 10.1. The molecule has 160 valence electrons. The van der Waals surface area contributed by atoms with Crippen LogP contribution in [0.15, 0.2) is 54.6 Å². The molecule has 0 aliphatic heterocycles. The predicted octanol–water partition coefficient (Wildman–Crippen LogP) is 6.48. The fourth-order valence-electron chi connectivity index (χ4n) is 3.49. The topological polar surface area (TPSA) is 70.9 Å². The van der Waals surface area contributed by atoms with E-state index < -0.39 is 0 Å². The summed E-state index contributed by atoms with van der Waals surface area (Å²) < 4.78 is 11.5. The summed E-state index contributed by atoms with van der Waals surface area (Å²) in [4.78, 5) is 7.75. The predicted molar refractivity (Wildman–Crippen MR) is 128 cm³/mol. The third-order valence-electron chi connectivity index (χ3n) is 5.04. The van der Waals surface area contributed by atoms with Crippen molar-refractivity contribution in [3.63, 3.8) is 0 Å². The number of nitrogens with one attached hydrogen (secondary N) is 1. The number of aromatic amines is 1. The molecular weight excluding hydrogens is 422 g/mol. The summed E-state index contributed by atoms with van der Waals surface area (Å²) in [6.07, 6.45) is 1.73. The lowest BCUT2D eigenvalue weighted by Crippen LogP contribution is -1.99. The van der Waals surface area contributed by atoms with E-state index in [2.05, 4.69) is 22.1 Å². The number of aryl methyl sites for hydroxylation is 2. The number of halogens is 1. The number of rotatable bonds is 6. The molecule has 0 amide bonds. The average molecular weight is 444 g/mol. The number of hydrogen-bond acceptors (Lipinski definition) is 4. The molecule has 0 aliphatic rings. The maximum absolute atomic E-state index is 9.74. The van der Waals surface area contributed by atoms with Crippen molar-refractivity contribution in [3.8, 4) is 17.6 Å². The normalized spacial score (nSPS) is 11.4. The van der Waals surface area contributed by atoms with Crippen LogP contribution in [0, 0.1) is 25.2 Å². The highest BCUT2D eigenvalue weighted by Gasteiger charge is 2.14. The molecule has 0 aliphatic carbocycles. The molecule has 1 N–H and O–H groups in total. The van der Waals surface area contributed by atoms with Gasteiger partial charge < -0.3 is 14.5 Å². The number of aromatic nitrogens is 2. The molecule has 0 atom stereocenters. The lowest BCUT2D eigenvalue weighted by Gasteiger charge is -2.14. The van der Waals surface area contributed by atoms with Gasteiger partial charge in [-0.25, -0.2) is 4.98 Å². The molecule has 0 bridgehead atoms. The zero-order valence-corrected chi connectivity index (χ0v) is 18.8. The molecule has 0 saturated carbocycles. The smallest absolute Gasteiger partial charge is 0.180 e. The van der Waals surface area contributed by atoms with Crippen LogP contribution in [0.1, 0.15) is 28.1 Å². The number of H-pyrrole nitrogens is 1. The Morgan fingerprint density at radius 2 is 1.94 bits per heavy atom. The van der Waals surface area contributed by atoms with Gasteiger partial charge in [0, 0.05) is 0 Å². The van der Waals surface area contributed by atoms with E-state index in [-0.39, 0.29) is 0 Å². The standard InChI is InChI=1S/C26H22ClN3O2/c1-16-5-4-6-18(9-16)15-32-25-21(27)12-19(13-24(25)31-3)11-20(14-28)26-29-22-8-7-17(2)10-23(22)30-26/h4-13H,15H2,1-3H3,(H,29,30). The second kappa shape index (κ2) is 9.17. The van der Waals surface area contributed by atoms with Gasteiger partial charge in [0.1, 0.15) is 18.5 Å². The molecule has 3 aromatic carbocycles. The average Bonchev–Trinajstić information content (AvgIpc) is 3.19. The molecule has 0 saturated heterocycles. The number of fused-ring (bicyclic) bond motifs is 1. The first kappa shape index (κ1) is 21.5. The van der Waals surface area contributed by atoms with E-state index in [4.69, 9.17) is 21.1 Å². The van der Waals surface area contributed by atoms with Gasteiger partial charge in [-0.1, -0.05) is 47.5 Å². The Bertz CT molecular complexity index is 1370. The number of allylic oxidation sites excluding steroid dienone is 1. The van der Waals surface area contributed by atoms with Crippen molar-refractivity contribution >= 4 is 34.3 Å². The maximum Gasteiger partial charge on any atom is 0.180 e. The van der Waals surface area contributed by atoms with E-state index in [1.165, 1.54) is 0 Å². The Kier molecular flexibility index (Phi) is 6.16. The number of ether oxygens (including phenoxy) is 2. The minimum absolute atomic E-state index is 0.370. The lowest BCUT2D eigenvalue weighted by molar-refractivity contribution is 0.284. The van der Waals surface area contributed by atoms with E-state index >= 15 is 0 Å². The summed E-state index contributed by atoms with van der Waals surface area (Å²) >= 11 is 6.52. The Morgan fingerprint density at radius 1 is 1.12 bits per heavy atom. The van der Waals surface area contributed by atoms with Gasteiger partial charge in [-0.05, 0) is 60.9 Å². The van der Waals surface area contributed by atoms with Gasteiger partial charge in [0.15, 0.2) is 11.5 Å². The van der Waals surface area contributed by atoms with Crippen LogP contribution in [0.2, 0.25) is 5.02 Å². The van der Waals surface area contributed by atoms with Gasteiger partial charge in [0.2, 0.25) is 0 Å². The summed E-state index contributed by atoms with van der Waals surface area (Å²) in [7, 11) is 1.56. The quantitative estimate of drug-likeness (QED) is 0.346. The van der Waals surface area contributed by atoms with Gasteiger partial charge in [0.05, 0.1) is 28.7 Å². The third kappa shape index (κ3) is 4.61. The number of nitriles is 1. The van der Waals surface area contributed by atoms with Gasteiger partial charge in [-0.3, -0.25) is 0 Å². The van der Waals surface area contributed by atoms with Crippen LogP contribution < -0.4 is 9.47 Å². The molecule has 4 rings (SSSR count). The molecule has 0 fully saturated rings. The van der Waals surface area contributed by atoms with Crippen molar-refractivity contribution in [2.45, 2.75) is 20.5 Å². The molecule has 1 aromatic heterocycles. The van der Waals surface area contributed by atoms with Crippen molar-refractivity contribution in [1.29, 1.82) is 5.26 Å². The molecule has 5 nitrogen and oxygen atoms in total. The van der Waals surface area contributed by atoms with E-state index in [0.717, 1.165) is 27.7 Å². The first-order chi connectivity index (χ1) is 15.5. The zero-order chi connectivity index (χ0) is 22.7. The molecule has 0 spiro atoms. The highest BCUT2D eigenvalue weighted by molar-refractivity contribution is 6.32. The SMILES string of the molecule is COc1cc(C=C(C#N)c2nc3ccc(C)cc3[nH]2)cc(Cl)c1OCc1cccc(C)c1. The first-order valence-electron chi connectivity index (χ1n) is 10.1. The Balaban J connectivity index is 1.64. The van der Waals surface area contributed by atoms with Gasteiger partial charge in [-0.2, -0.15) is 5.26 Å². The Labute approximate surface area is 191 Å². The molecule has 32 heavy (non-hydrogen) atoms. The summed E-state index contributed by atoms with van der Waals surface area (Å²) in [6.45, 7) is 4.42. The first-order valence-corrected chi connectivity index (χ1v) is 10.5. The van der Waals surface area contributed by atoms with Crippen molar-refractivity contribution in [1.82, 2.24) is 9.97 Å². The number of benzene rings is 3. The highest BCUT2D eigenvalue weighted by Crippen LogP contribution is 2.38. The second-order valence-corrected chi connectivity index (χ2v) is 7.99. The van der Waals surface area contributed by atoms with Crippen LogP contribution in [-0.2, 0) is 6.61 Å². The number of methoxy groups -OCH3 is 1. The van der Waals surface area contributed by atoms with Crippen LogP contribution in [0.3, 0.4) is 0 Å². The van der Waals surface area contributed by atoms with Gasteiger partial charge in [0.25, 0.3) is 0 Å². The molecule has 1 heterocycles. The third-order valence-corrected chi connectivity index (χ3v) is 5.32. The molecule has 0 unspecified atom stereocenters.